The summed E-state index contributed by atoms with van der Waals surface area (Å²) in [5.41, 5.74) is 0.765. The second-order valence-corrected chi connectivity index (χ2v) is 6.10. The number of carbonyl (C=O) groups is 3. The Balaban J connectivity index is 1.74. The van der Waals surface area contributed by atoms with Gasteiger partial charge in [0.05, 0.1) is 0 Å². The molecule has 0 radical (unpaired) electrons. The van der Waals surface area contributed by atoms with E-state index in [1.807, 2.05) is 4.90 Å². The number of pyridine rings is 1. The minimum absolute atomic E-state index is 0.00217. The first-order valence-electron chi connectivity index (χ1n) is 8.45. The molecule has 1 fully saturated rings. The molecule has 1 saturated heterocycles. The number of nitrogens with zero attached hydrogens (tertiary/aromatic N) is 2. The van der Waals surface area contributed by atoms with Crippen LogP contribution in [0.2, 0.25) is 0 Å². The minimum Gasteiger partial charge on any atom is -0.477 e. The summed E-state index contributed by atoms with van der Waals surface area (Å²) in [6.45, 7) is 1.50. The summed E-state index contributed by atoms with van der Waals surface area (Å²) in [5, 5.41) is 11.6. The monoisotopic (exact) mass is 353 g/mol. The number of amides is 2. The van der Waals surface area contributed by atoms with Crippen LogP contribution >= 0.6 is 0 Å². The maximum atomic E-state index is 12.6. The molecule has 3 rings (SSSR count). The van der Waals surface area contributed by atoms with E-state index >= 15 is 0 Å². The molecule has 2 aromatic rings. The van der Waals surface area contributed by atoms with Crippen molar-refractivity contribution in [2.45, 2.75) is 19.3 Å². The third-order valence-corrected chi connectivity index (χ3v) is 4.21. The highest BCUT2D eigenvalue weighted by Crippen LogP contribution is 2.17. The van der Waals surface area contributed by atoms with Crippen LogP contribution in [-0.2, 0) is 0 Å². The van der Waals surface area contributed by atoms with Gasteiger partial charge in [0.1, 0.15) is 11.4 Å². The quantitative estimate of drug-likeness (QED) is 0.880. The SMILES string of the molecule is O=C(O)c1cccc(C(=O)Nc2cccc(C(=O)N3CCCCC3)c2)n1. The molecule has 7 nitrogen and oxygen atoms in total. The van der Waals surface area contributed by atoms with Crippen LogP contribution in [0, 0.1) is 0 Å². The molecule has 0 aliphatic carbocycles. The molecule has 0 saturated carbocycles. The van der Waals surface area contributed by atoms with Crippen LogP contribution in [0.3, 0.4) is 0 Å². The van der Waals surface area contributed by atoms with Gasteiger partial charge in [-0.1, -0.05) is 12.1 Å². The molecule has 0 spiro atoms. The number of benzene rings is 1. The van der Waals surface area contributed by atoms with Gasteiger partial charge in [0.25, 0.3) is 11.8 Å². The number of carboxylic acids is 1. The van der Waals surface area contributed by atoms with E-state index < -0.39 is 11.9 Å². The van der Waals surface area contributed by atoms with E-state index in [0.29, 0.717) is 11.3 Å². The highest BCUT2D eigenvalue weighted by molar-refractivity contribution is 6.04. The maximum absolute atomic E-state index is 12.6. The van der Waals surface area contributed by atoms with Gasteiger partial charge in [-0.15, -0.1) is 0 Å². The van der Waals surface area contributed by atoms with Crippen molar-refractivity contribution in [2.24, 2.45) is 0 Å². The van der Waals surface area contributed by atoms with Gasteiger partial charge in [0.2, 0.25) is 0 Å². The summed E-state index contributed by atoms with van der Waals surface area (Å²) in [6.07, 6.45) is 3.16. The molecule has 0 unspecified atom stereocenters. The number of hydrogen-bond acceptors (Lipinski definition) is 4. The van der Waals surface area contributed by atoms with Crippen molar-refractivity contribution in [3.8, 4) is 0 Å². The van der Waals surface area contributed by atoms with Crippen molar-refractivity contribution in [2.75, 3.05) is 18.4 Å². The zero-order valence-corrected chi connectivity index (χ0v) is 14.1. The normalized spacial score (nSPS) is 13.9. The fourth-order valence-corrected chi connectivity index (χ4v) is 2.88. The Bertz CT molecular complexity index is 844. The highest BCUT2D eigenvalue weighted by atomic mass is 16.4. The first kappa shape index (κ1) is 17.6. The molecule has 2 N–H and O–H groups in total. The molecular formula is C19H19N3O4. The van der Waals surface area contributed by atoms with E-state index in [0.717, 1.165) is 32.4 Å². The first-order chi connectivity index (χ1) is 12.5. The van der Waals surface area contributed by atoms with E-state index in [4.69, 9.17) is 5.11 Å². The Morgan fingerprint density at radius 2 is 1.65 bits per heavy atom. The first-order valence-corrected chi connectivity index (χ1v) is 8.45. The Morgan fingerprint density at radius 1 is 0.962 bits per heavy atom. The van der Waals surface area contributed by atoms with E-state index in [2.05, 4.69) is 10.3 Å². The van der Waals surface area contributed by atoms with Gasteiger partial charge in [0, 0.05) is 24.3 Å². The molecule has 0 atom stereocenters. The summed E-state index contributed by atoms with van der Waals surface area (Å²) in [6, 6.07) is 10.9. The number of carboxylic acid groups (broad SMARTS) is 1. The van der Waals surface area contributed by atoms with Gasteiger partial charge >= 0.3 is 5.97 Å². The number of rotatable bonds is 4. The van der Waals surface area contributed by atoms with E-state index in [1.165, 1.54) is 18.2 Å². The van der Waals surface area contributed by atoms with Crippen LogP contribution in [0.1, 0.15) is 50.6 Å². The van der Waals surface area contributed by atoms with Crippen LogP contribution in [0.15, 0.2) is 42.5 Å². The second kappa shape index (κ2) is 7.77. The molecule has 1 aliphatic rings. The van der Waals surface area contributed by atoms with E-state index in [-0.39, 0.29) is 17.3 Å². The lowest BCUT2D eigenvalue weighted by Gasteiger charge is -2.26. The van der Waals surface area contributed by atoms with Gasteiger partial charge < -0.3 is 15.3 Å². The molecule has 2 amide bonds. The van der Waals surface area contributed by atoms with E-state index in [9.17, 15) is 14.4 Å². The zero-order chi connectivity index (χ0) is 18.5. The van der Waals surface area contributed by atoms with Crippen molar-refractivity contribution >= 4 is 23.5 Å². The lowest BCUT2D eigenvalue weighted by molar-refractivity contribution is 0.0688. The van der Waals surface area contributed by atoms with Crippen LogP contribution in [0.5, 0.6) is 0 Å². The summed E-state index contributed by atoms with van der Waals surface area (Å²) in [4.78, 5) is 41.5. The molecule has 2 heterocycles. The lowest BCUT2D eigenvalue weighted by atomic mass is 10.1. The van der Waals surface area contributed by atoms with Gasteiger partial charge in [-0.3, -0.25) is 9.59 Å². The number of hydrogen-bond donors (Lipinski definition) is 2. The predicted molar refractivity (Wildman–Crippen MR) is 95.3 cm³/mol. The average molecular weight is 353 g/mol. The molecule has 7 heteroatoms. The molecule has 1 aromatic carbocycles. The van der Waals surface area contributed by atoms with Crippen molar-refractivity contribution in [1.29, 1.82) is 0 Å². The van der Waals surface area contributed by atoms with Gasteiger partial charge in [-0.2, -0.15) is 0 Å². The Hall–Kier alpha value is -3.22. The topological polar surface area (TPSA) is 99.6 Å². The molecule has 134 valence electrons. The van der Waals surface area contributed by atoms with Crippen molar-refractivity contribution in [3.05, 3.63) is 59.4 Å². The van der Waals surface area contributed by atoms with Gasteiger partial charge in [0.15, 0.2) is 0 Å². The van der Waals surface area contributed by atoms with Gasteiger partial charge in [-0.25, -0.2) is 9.78 Å². The third kappa shape index (κ3) is 4.05. The maximum Gasteiger partial charge on any atom is 0.354 e. The minimum atomic E-state index is -1.20. The number of anilines is 1. The van der Waals surface area contributed by atoms with E-state index in [1.54, 1.807) is 24.3 Å². The fourth-order valence-electron chi connectivity index (χ4n) is 2.88. The van der Waals surface area contributed by atoms with Crippen LogP contribution in [-0.4, -0.2) is 45.9 Å². The average Bonchev–Trinajstić information content (AvgIpc) is 2.68. The van der Waals surface area contributed by atoms with Gasteiger partial charge in [-0.05, 0) is 49.6 Å². The number of likely N-dealkylation sites (tertiary alicyclic amines) is 1. The Morgan fingerprint density at radius 3 is 2.38 bits per heavy atom. The second-order valence-electron chi connectivity index (χ2n) is 6.10. The van der Waals surface area contributed by atoms with Crippen molar-refractivity contribution < 1.29 is 19.5 Å². The third-order valence-electron chi connectivity index (χ3n) is 4.21. The molecule has 1 aromatic heterocycles. The standard InChI is InChI=1S/C19H19N3O4/c23-17(15-8-5-9-16(21-15)19(25)26)20-14-7-4-6-13(12-14)18(24)22-10-2-1-3-11-22/h4-9,12H,1-3,10-11H2,(H,20,23)(H,25,26). The molecule has 26 heavy (non-hydrogen) atoms. The van der Waals surface area contributed by atoms with Crippen LogP contribution < -0.4 is 5.32 Å². The zero-order valence-electron chi connectivity index (χ0n) is 14.1. The lowest BCUT2D eigenvalue weighted by Crippen LogP contribution is -2.35. The summed E-state index contributed by atoms with van der Waals surface area (Å²) >= 11 is 0. The summed E-state index contributed by atoms with van der Waals surface area (Å²) in [5.74, 6) is -1.78. The predicted octanol–water partition coefficient (Wildman–Crippen LogP) is 2.66. The van der Waals surface area contributed by atoms with Crippen molar-refractivity contribution in [1.82, 2.24) is 9.88 Å². The number of piperidine rings is 1. The summed E-state index contributed by atoms with van der Waals surface area (Å²) in [7, 11) is 0. The summed E-state index contributed by atoms with van der Waals surface area (Å²) < 4.78 is 0. The number of nitrogens with one attached hydrogen (secondary N) is 1. The van der Waals surface area contributed by atoms with Crippen LogP contribution in [0.25, 0.3) is 0 Å². The largest absolute Gasteiger partial charge is 0.477 e. The smallest absolute Gasteiger partial charge is 0.354 e. The number of aromatic nitrogens is 1. The van der Waals surface area contributed by atoms with Crippen molar-refractivity contribution in [3.63, 3.8) is 0 Å². The van der Waals surface area contributed by atoms with Crippen LogP contribution in [0.4, 0.5) is 5.69 Å². The Kier molecular flexibility index (Phi) is 5.26. The molecule has 0 bridgehead atoms. The Labute approximate surface area is 150 Å². The number of carbonyl (C=O) groups excluding carboxylic acids is 2. The fraction of sp³-hybridized carbons (Fsp3) is 0.263. The molecule has 1 aliphatic heterocycles. The highest BCUT2D eigenvalue weighted by Gasteiger charge is 2.19. The molecular weight excluding hydrogens is 334 g/mol. The number of aromatic carboxylic acids is 1.